The lowest BCUT2D eigenvalue weighted by Crippen LogP contribution is -2.39. The van der Waals surface area contributed by atoms with E-state index in [1.54, 1.807) is 24.3 Å². The molecule has 1 rings (SSSR count). The second-order valence-electron chi connectivity index (χ2n) is 5.07. The van der Waals surface area contributed by atoms with E-state index in [4.69, 9.17) is 16.7 Å². The van der Waals surface area contributed by atoms with Crippen molar-refractivity contribution in [2.75, 3.05) is 11.4 Å². The van der Waals surface area contributed by atoms with Gasteiger partial charge in [-0.15, -0.1) is 0 Å². The minimum atomic E-state index is -1.02. The van der Waals surface area contributed by atoms with Crippen molar-refractivity contribution in [2.45, 2.75) is 39.5 Å². The Morgan fingerprint density at radius 1 is 1.14 bits per heavy atom. The number of nitrogens with zero attached hydrogens (tertiary/aromatic N) is 1. The first kappa shape index (κ1) is 17.5. The van der Waals surface area contributed by atoms with Gasteiger partial charge in [-0.3, -0.25) is 9.59 Å². The maximum atomic E-state index is 12.7. The minimum Gasteiger partial charge on any atom is -0.480 e. The van der Waals surface area contributed by atoms with Gasteiger partial charge < -0.3 is 10.0 Å². The molecule has 1 amide bonds. The Balaban J connectivity index is 3.02. The quantitative estimate of drug-likeness (QED) is 0.790. The monoisotopic (exact) mass is 311 g/mol. The van der Waals surface area contributed by atoms with Gasteiger partial charge in [-0.05, 0) is 37.1 Å². The predicted molar refractivity (Wildman–Crippen MR) is 84.7 cm³/mol. The summed E-state index contributed by atoms with van der Waals surface area (Å²) in [6.07, 6.45) is 3.35. The Hall–Kier alpha value is -1.55. The number of rotatable bonds is 8. The summed E-state index contributed by atoms with van der Waals surface area (Å²) in [5, 5.41) is 9.63. The summed E-state index contributed by atoms with van der Waals surface area (Å²) in [6.45, 7) is 3.73. The van der Waals surface area contributed by atoms with Crippen molar-refractivity contribution in [1.29, 1.82) is 0 Å². The van der Waals surface area contributed by atoms with E-state index in [1.807, 2.05) is 13.8 Å². The summed E-state index contributed by atoms with van der Waals surface area (Å²) in [6, 6.07) is 6.68. The van der Waals surface area contributed by atoms with Crippen molar-refractivity contribution >= 4 is 29.2 Å². The number of hydrogen-bond donors (Lipinski definition) is 1. The molecule has 0 heterocycles. The molecule has 0 saturated carbocycles. The average Bonchev–Trinajstić information content (AvgIpc) is 2.45. The van der Waals surface area contributed by atoms with Gasteiger partial charge in [-0.1, -0.05) is 38.3 Å². The van der Waals surface area contributed by atoms with E-state index in [0.29, 0.717) is 10.7 Å². The molecule has 0 saturated heterocycles. The van der Waals surface area contributed by atoms with Crippen molar-refractivity contribution in [3.8, 4) is 0 Å². The van der Waals surface area contributed by atoms with Gasteiger partial charge in [0.15, 0.2) is 0 Å². The highest BCUT2D eigenvalue weighted by atomic mass is 35.5. The van der Waals surface area contributed by atoms with Crippen LogP contribution < -0.4 is 4.90 Å². The Morgan fingerprint density at radius 2 is 1.67 bits per heavy atom. The van der Waals surface area contributed by atoms with Crippen LogP contribution >= 0.6 is 11.6 Å². The standard InChI is InChI=1S/C16H22ClNO3/c1-3-5-12(6-4-2)16(21)18(11-15(19)20)14-9-7-13(17)8-10-14/h7-10,12H,3-6,11H2,1-2H3,(H,19,20). The molecule has 0 bridgehead atoms. The zero-order valence-corrected chi connectivity index (χ0v) is 13.3. The lowest BCUT2D eigenvalue weighted by molar-refractivity contribution is -0.137. The van der Waals surface area contributed by atoms with Gasteiger partial charge in [0.1, 0.15) is 6.54 Å². The van der Waals surface area contributed by atoms with Crippen LogP contribution in [0.1, 0.15) is 39.5 Å². The van der Waals surface area contributed by atoms with Gasteiger partial charge in [-0.25, -0.2) is 0 Å². The van der Waals surface area contributed by atoms with Gasteiger partial charge in [0.2, 0.25) is 5.91 Å². The van der Waals surface area contributed by atoms with E-state index in [1.165, 1.54) is 4.90 Å². The number of hydrogen-bond acceptors (Lipinski definition) is 2. The minimum absolute atomic E-state index is 0.122. The van der Waals surface area contributed by atoms with Crippen LogP contribution in [0.4, 0.5) is 5.69 Å². The molecule has 1 aromatic rings. The molecule has 4 nitrogen and oxygen atoms in total. The number of carbonyl (C=O) groups is 2. The molecule has 1 aromatic carbocycles. The van der Waals surface area contributed by atoms with E-state index in [9.17, 15) is 9.59 Å². The molecule has 0 aliphatic rings. The van der Waals surface area contributed by atoms with Crippen molar-refractivity contribution in [2.24, 2.45) is 5.92 Å². The lowest BCUT2D eigenvalue weighted by Gasteiger charge is -2.26. The molecule has 21 heavy (non-hydrogen) atoms. The highest BCUT2D eigenvalue weighted by Crippen LogP contribution is 2.23. The van der Waals surface area contributed by atoms with Gasteiger partial charge in [0.05, 0.1) is 0 Å². The number of amides is 1. The Bertz CT molecular complexity index is 467. The molecule has 0 radical (unpaired) electrons. The van der Waals surface area contributed by atoms with E-state index in [0.717, 1.165) is 25.7 Å². The average molecular weight is 312 g/mol. The largest absolute Gasteiger partial charge is 0.480 e. The van der Waals surface area contributed by atoms with E-state index >= 15 is 0 Å². The van der Waals surface area contributed by atoms with Crippen molar-refractivity contribution in [3.05, 3.63) is 29.3 Å². The zero-order valence-electron chi connectivity index (χ0n) is 12.5. The van der Waals surface area contributed by atoms with Crippen LogP contribution in [-0.2, 0) is 9.59 Å². The molecular formula is C16H22ClNO3. The van der Waals surface area contributed by atoms with E-state index in [2.05, 4.69) is 0 Å². The third-order valence-electron chi connectivity index (χ3n) is 3.32. The molecule has 0 aliphatic carbocycles. The van der Waals surface area contributed by atoms with Crippen LogP contribution in [0.3, 0.4) is 0 Å². The topological polar surface area (TPSA) is 57.6 Å². The van der Waals surface area contributed by atoms with Crippen LogP contribution in [0.15, 0.2) is 24.3 Å². The number of benzene rings is 1. The summed E-state index contributed by atoms with van der Waals surface area (Å²) in [5.74, 6) is -1.27. The van der Waals surface area contributed by atoms with Crippen LogP contribution in [-0.4, -0.2) is 23.5 Å². The second kappa shape index (κ2) is 8.67. The molecule has 1 N–H and O–H groups in total. The molecule has 5 heteroatoms. The maximum absolute atomic E-state index is 12.7. The fraction of sp³-hybridized carbons (Fsp3) is 0.500. The Morgan fingerprint density at radius 3 is 2.10 bits per heavy atom. The predicted octanol–water partition coefficient (Wildman–Crippen LogP) is 3.97. The smallest absolute Gasteiger partial charge is 0.323 e. The SMILES string of the molecule is CCCC(CCC)C(=O)N(CC(=O)O)c1ccc(Cl)cc1. The highest BCUT2D eigenvalue weighted by Gasteiger charge is 2.25. The number of halogens is 1. The van der Waals surface area contributed by atoms with Gasteiger partial charge >= 0.3 is 5.97 Å². The fourth-order valence-corrected chi connectivity index (χ4v) is 2.49. The van der Waals surface area contributed by atoms with Crippen LogP contribution in [0.5, 0.6) is 0 Å². The number of carboxylic acids is 1. The van der Waals surface area contributed by atoms with Crippen LogP contribution in [0.2, 0.25) is 5.02 Å². The molecule has 0 aromatic heterocycles. The molecule has 0 aliphatic heterocycles. The van der Waals surface area contributed by atoms with Crippen LogP contribution in [0, 0.1) is 5.92 Å². The normalized spacial score (nSPS) is 10.7. The molecular weight excluding hydrogens is 290 g/mol. The van der Waals surface area contributed by atoms with Crippen molar-refractivity contribution < 1.29 is 14.7 Å². The molecule has 0 atom stereocenters. The molecule has 116 valence electrons. The highest BCUT2D eigenvalue weighted by molar-refractivity contribution is 6.30. The first-order valence-corrected chi connectivity index (χ1v) is 7.66. The summed E-state index contributed by atoms with van der Waals surface area (Å²) >= 11 is 5.84. The van der Waals surface area contributed by atoms with E-state index < -0.39 is 5.97 Å². The maximum Gasteiger partial charge on any atom is 0.323 e. The summed E-state index contributed by atoms with van der Waals surface area (Å²) in [7, 11) is 0. The lowest BCUT2D eigenvalue weighted by atomic mass is 9.96. The number of carboxylic acid groups (broad SMARTS) is 1. The second-order valence-corrected chi connectivity index (χ2v) is 5.51. The first-order valence-electron chi connectivity index (χ1n) is 7.28. The third-order valence-corrected chi connectivity index (χ3v) is 3.57. The number of anilines is 1. The number of aliphatic carboxylic acids is 1. The number of carbonyl (C=O) groups excluding carboxylic acids is 1. The van der Waals surface area contributed by atoms with Gasteiger partial charge in [0, 0.05) is 16.6 Å². The van der Waals surface area contributed by atoms with Crippen molar-refractivity contribution in [1.82, 2.24) is 0 Å². The Kier molecular flexibility index (Phi) is 7.23. The molecule has 0 spiro atoms. The molecule has 0 fully saturated rings. The first-order chi connectivity index (χ1) is 9.99. The summed E-state index contributed by atoms with van der Waals surface area (Å²) < 4.78 is 0. The van der Waals surface area contributed by atoms with Crippen LogP contribution in [0.25, 0.3) is 0 Å². The van der Waals surface area contributed by atoms with E-state index in [-0.39, 0.29) is 18.4 Å². The Labute approximate surface area is 130 Å². The van der Waals surface area contributed by atoms with Gasteiger partial charge in [0.25, 0.3) is 0 Å². The van der Waals surface area contributed by atoms with Gasteiger partial charge in [-0.2, -0.15) is 0 Å². The summed E-state index contributed by atoms with van der Waals surface area (Å²) in [4.78, 5) is 25.1. The zero-order chi connectivity index (χ0) is 15.8. The van der Waals surface area contributed by atoms with Crippen molar-refractivity contribution in [3.63, 3.8) is 0 Å². The third kappa shape index (κ3) is 5.38. The fourth-order valence-electron chi connectivity index (χ4n) is 2.36. The molecule has 0 unspecified atom stereocenters. The summed E-state index contributed by atoms with van der Waals surface area (Å²) in [5.41, 5.74) is 0.573.